The lowest BCUT2D eigenvalue weighted by molar-refractivity contribution is -0.150. The van der Waals surface area contributed by atoms with E-state index in [1.54, 1.807) is 104 Å². The van der Waals surface area contributed by atoms with Crippen molar-refractivity contribution in [3.05, 3.63) is 18.2 Å². The Kier molecular flexibility index (Phi) is 20.8. The molecule has 1 heterocycles. The first-order chi connectivity index (χ1) is 28.9. The zero-order valence-electron chi connectivity index (χ0n) is 40.2. The molecular weight excluding hydrogens is 841 g/mol. The molecule has 0 aromatic carbocycles. The number of imidazole rings is 1. The van der Waals surface area contributed by atoms with Crippen LogP contribution in [0.25, 0.3) is 0 Å². The Morgan fingerprint density at radius 1 is 0.672 bits per heavy atom. The average molecular weight is 913 g/mol. The van der Waals surface area contributed by atoms with E-state index in [1.807, 2.05) is 0 Å². The first-order valence-electron chi connectivity index (χ1n) is 20.9. The number of hydrogen-bond acceptors (Lipinski definition) is 14. The third kappa shape index (κ3) is 24.5. The number of rotatable bonds is 20. The summed E-state index contributed by atoms with van der Waals surface area (Å²) < 4.78 is 23.4. The minimum Gasteiger partial charge on any atom is -0.480 e. The van der Waals surface area contributed by atoms with Gasteiger partial charge in [0.1, 0.15) is 35.7 Å². The molecule has 0 aliphatic heterocycles. The van der Waals surface area contributed by atoms with Crippen LogP contribution in [-0.4, -0.2) is 134 Å². The zero-order valence-corrected chi connectivity index (χ0v) is 40.2. The van der Waals surface area contributed by atoms with Gasteiger partial charge in [-0.3, -0.25) is 28.8 Å². The molecule has 0 aliphatic rings. The molecule has 5 atom stereocenters. The second-order valence-corrected chi connectivity index (χ2v) is 20.0. The smallest absolute Gasteiger partial charge is 0.419 e. The molecule has 0 aliphatic carbocycles. The highest BCUT2D eigenvalue weighted by Crippen LogP contribution is 2.15. The fourth-order valence-electron chi connectivity index (χ4n) is 5.14. The summed E-state index contributed by atoms with van der Waals surface area (Å²) >= 11 is 0. The molecule has 1 rings (SSSR count). The molecule has 0 unspecified atom stereocenters. The summed E-state index contributed by atoms with van der Waals surface area (Å²) in [6, 6.07) is -5.98. The van der Waals surface area contributed by atoms with E-state index in [1.165, 1.54) is 19.4 Å². The first kappa shape index (κ1) is 56.7. The molecule has 0 spiro atoms. The Morgan fingerprint density at radius 2 is 1.23 bits per heavy atom. The van der Waals surface area contributed by atoms with E-state index in [-0.39, 0.29) is 25.0 Å². The van der Waals surface area contributed by atoms with E-state index in [2.05, 4.69) is 37.0 Å². The number of carboxylic acid groups (broad SMARTS) is 1. The topological polar surface area (TPSA) is 293 Å². The number of amides is 6. The molecule has 364 valence electrons. The van der Waals surface area contributed by atoms with E-state index in [4.69, 9.17) is 23.8 Å². The van der Waals surface area contributed by atoms with Crippen LogP contribution in [0.5, 0.6) is 0 Å². The van der Waals surface area contributed by atoms with Crippen molar-refractivity contribution in [1.29, 1.82) is 0 Å². The summed E-state index contributed by atoms with van der Waals surface area (Å²) in [6.45, 7) is 25.5. The van der Waals surface area contributed by atoms with Crippen molar-refractivity contribution in [3.63, 3.8) is 0 Å². The van der Waals surface area contributed by atoms with E-state index in [0.717, 1.165) is 4.57 Å². The predicted octanol–water partition coefficient (Wildman–Crippen LogP) is 2.40. The molecule has 0 saturated carbocycles. The van der Waals surface area contributed by atoms with Gasteiger partial charge in [-0.25, -0.2) is 29.4 Å². The van der Waals surface area contributed by atoms with Crippen LogP contribution >= 0.6 is 0 Å². The van der Waals surface area contributed by atoms with Crippen LogP contribution in [0.15, 0.2) is 12.5 Å². The number of aromatic nitrogens is 2. The normalized spacial score (nSPS) is 14.7. The number of carbonyl (C=O) groups excluding carboxylic acids is 7. The number of hydrogen-bond donors (Lipinski definition) is 7. The van der Waals surface area contributed by atoms with E-state index in [0.29, 0.717) is 0 Å². The van der Waals surface area contributed by atoms with Crippen molar-refractivity contribution >= 4 is 47.7 Å². The van der Waals surface area contributed by atoms with Crippen molar-refractivity contribution < 1.29 is 67.2 Å². The van der Waals surface area contributed by atoms with Crippen LogP contribution in [0.1, 0.15) is 129 Å². The summed E-state index contributed by atoms with van der Waals surface area (Å²) in [5.74, 6) is -5.74. The standard InChI is InChI=1S/C42H72N8O14/c1-24(61-39(5,6)7)31(35(56)57)48-30(52)20-43-32(53)26(17-18-29(51)49-64-42(14,15)16)45-34(55)28(22-60-38(2,3)4)46-33(54)27(47-36(58)62-40(8,9)10)19-25-21-50(23-44-25)37(59)63-41(11,12)13/h21,23-24,26-28,31H,17-20,22H2,1-16H3,(H,43,53)(H,45,55)(H,46,54)(H,47,58)(H,48,52)(H,49,51)(H,56,57)/t24-,26+,27+,28-,31+/m1/s1. The molecule has 0 bridgehead atoms. The quantitative estimate of drug-likeness (QED) is 0.0925. The molecule has 22 nitrogen and oxygen atoms in total. The maximum atomic E-state index is 14.1. The van der Waals surface area contributed by atoms with Gasteiger partial charge in [-0.05, 0) is 117 Å². The summed E-state index contributed by atoms with van der Waals surface area (Å²) in [6.07, 6.45) is -1.19. The van der Waals surface area contributed by atoms with Gasteiger partial charge in [-0.15, -0.1) is 0 Å². The number of carbonyl (C=O) groups is 8. The zero-order chi connectivity index (χ0) is 49.6. The fourth-order valence-corrected chi connectivity index (χ4v) is 5.14. The third-order valence-corrected chi connectivity index (χ3v) is 7.76. The summed E-state index contributed by atoms with van der Waals surface area (Å²) in [5, 5.41) is 22.0. The van der Waals surface area contributed by atoms with Gasteiger partial charge in [0.25, 0.3) is 0 Å². The highest BCUT2D eigenvalue weighted by Gasteiger charge is 2.34. The number of ether oxygens (including phenoxy) is 4. The second kappa shape index (κ2) is 23.5. The van der Waals surface area contributed by atoms with Gasteiger partial charge in [-0.1, -0.05) is 0 Å². The van der Waals surface area contributed by atoms with Crippen LogP contribution in [-0.2, 0) is 59.0 Å². The third-order valence-electron chi connectivity index (χ3n) is 7.76. The molecule has 7 N–H and O–H groups in total. The van der Waals surface area contributed by atoms with Crippen LogP contribution in [0, 0.1) is 0 Å². The minimum atomic E-state index is -1.54. The van der Waals surface area contributed by atoms with Crippen molar-refractivity contribution in [2.45, 2.75) is 188 Å². The SMILES string of the molecule is C[C@@H](OC(C)(C)C)[C@H](NC(=O)CNC(=O)[C@H](CCC(=O)NOC(C)(C)C)NC(=O)[C@@H](COC(C)(C)C)NC(=O)[C@H](Cc1cn(C(=O)OC(C)(C)C)cn1)NC(=O)OC(C)(C)C)C(=O)O. The Labute approximate surface area is 375 Å². The average Bonchev–Trinajstić information content (AvgIpc) is 3.57. The molecule has 0 saturated heterocycles. The minimum absolute atomic E-state index is 0.175. The van der Waals surface area contributed by atoms with Crippen molar-refractivity contribution in [2.24, 2.45) is 0 Å². The number of carboxylic acids is 1. The summed E-state index contributed by atoms with van der Waals surface area (Å²) in [4.78, 5) is 115. The largest absolute Gasteiger partial charge is 0.480 e. The number of aliphatic carboxylic acids is 1. The Bertz CT molecular complexity index is 1780. The van der Waals surface area contributed by atoms with E-state index >= 15 is 0 Å². The van der Waals surface area contributed by atoms with Crippen molar-refractivity contribution in [2.75, 3.05) is 13.2 Å². The molecule has 22 heteroatoms. The molecule has 1 aromatic rings. The van der Waals surface area contributed by atoms with Gasteiger partial charge in [0.2, 0.25) is 29.5 Å². The van der Waals surface area contributed by atoms with Crippen LogP contribution in [0.3, 0.4) is 0 Å². The summed E-state index contributed by atoms with van der Waals surface area (Å²) in [7, 11) is 0. The van der Waals surface area contributed by atoms with Gasteiger partial charge in [0, 0.05) is 19.0 Å². The van der Waals surface area contributed by atoms with Crippen LogP contribution in [0.4, 0.5) is 9.59 Å². The fraction of sp³-hybridized carbons (Fsp3) is 0.738. The van der Waals surface area contributed by atoms with Crippen LogP contribution < -0.4 is 32.1 Å². The second-order valence-electron chi connectivity index (χ2n) is 20.0. The molecule has 0 fully saturated rings. The van der Waals surface area contributed by atoms with Crippen LogP contribution in [0.2, 0.25) is 0 Å². The number of hydroxylamine groups is 1. The predicted molar refractivity (Wildman–Crippen MR) is 231 cm³/mol. The Morgan fingerprint density at radius 3 is 1.75 bits per heavy atom. The Hall–Kier alpha value is -5.35. The monoisotopic (exact) mass is 913 g/mol. The van der Waals surface area contributed by atoms with E-state index in [9.17, 15) is 43.5 Å². The van der Waals surface area contributed by atoms with Gasteiger partial charge in [-0.2, -0.15) is 0 Å². The first-order valence-corrected chi connectivity index (χ1v) is 20.9. The molecule has 1 aromatic heterocycles. The lowest BCUT2D eigenvalue weighted by atomic mass is 10.1. The molecule has 0 radical (unpaired) electrons. The lowest BCUT2D eigenvalue weighted by Crippen LogP contribution is -2.59. The highest BCUT2D eigenvalue weighted by atomic mass is 16.7. The molecular formula is C42H72N8O14. The molecule has 64 heavy (non-hydrogen) atoms. The van der Waals surface area contributed by atoms with Gasteiger partial charge in [0.15, 0.2) is 6.04 Å². The van der Waals surface area contributed by atoms with Crippen molar-refractivity contribution in [1.82, 2.24) is 41.6 Å². The van der Waals surface area contributed by atoms with Gasteiger partial charge in [0.05, 0.1) is 41.8 Å². The molecule has 6 amide bonds. The van der Waals surface area contributed by atoms with Gasteiger partial charge >= 0.3 is 18.2 Å². The lowest BCUT2D eigenvalue weighted by Gasteiger charge is -2.29. The maximum Gasteiger partial charge on any atom is 0.419 e. The van der Waals surface area contributed by atoms with E-state index < -0.39 is 119 Å². The maximum absolute atomic E-state index is 14.1. The number of alkyl carbamates (subject to hydrolysis) is 1. The van der Waals surface area contributed by atoms with Gasteiger partial charge < -0.3 is 50.6 Å². The number of nitrogens with one attached hydrogen (secondary N) is 6. The Balaban J connectivity index is 3.49. The number of nitrogens with zero attached hydrogens (tertiary/aromatic N) is 2. The highest BCUT2D eigenvalue weighted by molar-refractivity contribution is 5.95. The van der Waals surface area contributed by atoms with Crippen molar-refractivity contribution in [3.8, 4) is 0 Å². The summed E-state index contributed by atoms with van der Waals surface area (Å²) in [5.41, 5.74) is -1.67.